The lowest BCUT2D eigenvalue weighted by Crippen LogP contribution is -1.94. The van der Waals surface area contributed by atoms with Crippen molar-refractivity contribution in [3.8, 4) is 0 Å². The quantitative estimate of drug-likeness (QED) is 0.427. The number of hydrogen-bond acceptors (Lipinski definition) is 4. The Kier molecular flexibility index (Phi) is 5.79. The standard InChI is InChI=1S/C16H11Cl3N4S/c17-12-6-4-11(5-7-12)9-24-16-22-20-10-23(16)21-8-13-14(18)2-1-3-15(13)19/h1-8,10H,9H2/b21-8+. The third-order valence-corrected chi connectivity index (χ3v) is 5.01. The summed E-state index contributed by atoms with van der Waals surface area (Å²) in [5, 5.41) is 14.8. The van der Waals surface area contributed by atoms with Crippen molar-refractivity contribution in [3.05, 3.63) is 75.0 Å². The molecule has 0 amide bonds. The molecular formula is C16H11Cl3N4S. The lowest BCUT2D eigenvalue weighted by Gasteiger charge is -2.03. The highest BCUT2D eigenvalue weighted by Crippen LogP contribution is 2.24. The smallest absolute Gasteiger partial charge is 0.195 e. The van der Waals surface area contributed by atoms with Gasteiger partial charge in [-0.15, -0.1) is 10.2 Å². The second-order valence-electron chi connectivity index (χ2n) is 4.75. The molecule has 0 aliphatic heterocycles. The first-order valence-corrected chi connectivity index (χ1v) is 9.01. The maximum atomic E-state index is 6.13. The highest BCUT2D eigenvalue weighted by Gasteiger charge is 2.06. The fourth-order valence-corrected chi connectivity index (χ4v) is 3.32. The molecule has 0 bridgehead atoms. The van der Waals surface area contributed by atoms with Crippen LogP contribution in [0.3, 0.4) is 0 Å². The maximum Gasteiger partial charge on any atom is 0.212 e. The van der Waals surface area contributed by atoms with E-state index in [9.17, 15) is 0 Å². The molecule has 1 heterocycles. The molecule has 0 aliphatic carbocycles. The van der Waals surface area contributed by atoms with Crippen LogP contribution < -0.4 is 0 Å². The van der Waals surface area contributed by atoms with Gasteiger partial charge in [0.05, 0.1) is 16.3 Å². The van der Waals surface area contributed by atoms with Crippen molar-refractivity contribution in [1.82, 2.24) is 14.9 Å². The van der Waals surface area contributed by atoms with Crippen molar-refractivity contribution in [2.24, 2.45) is 5.10 Å². The largest absolute Gasteiger partial charge is 0.212 e. The lowest BCUT2D eigenvalue weighted by atomic mass is 10.2. The summed E-state index contributed by atoms with van der Waals surface area (Å²) in [6, 6.07) is 13.0. The van der Waals surface area contributed by atoms with Crippen LogP contribution in [0.25, 0.3) is 0 Å². The van der Waals surface area contributed by atoms with Crippen LogP contribution in [0.15, 0.2) is 59.0 Å². The van der Waals surface area contributed by atoms with E-state index in [4.69, 9.17) is 34.8 Å². The van der Waals surface area contributed by atoms with Crippen LogP contribution >= 0.6 is 46.6 Å². The van der Waals surface area contributed by atoms with Gasteiger partial charge in [0.2, 0.25) is 5.16 Å². The van der Waals surface area contributed by atoms with E-state index in [1.54, 1.807) is 29.1 Å². The minimum atomic E-state index is 0.537. The van der Waals surface area contributed by atoms with Gasteiger partial charge in [0.1, 0.15) is 6.33 Å². The number of halogens is 3. The van der Waals surface area contributed by atoms with Crippen LogP contribution in [0.4, 0.5) is 0 Å². The van der Waals surface area contributed by atoms with Crippen molar-refractivity contribution >= 4 is 52.8 Å². The molecule has 3 aromatic rings. The maximum absolute atomic E-state index is 6.13. The molecule has 122 valence electrons. The van der Waals surface area contributed by atoms with Crippen LogP contribution in [0.2, 0.25) is 15.1 Å². The number of rotatable bonds is 5. The van der Waals surface area contributed by atoms with Gasteiger partial charge >= 0.3 is 0 Å². The molecule has 0 saturated carbocycles. The van der Waals surface area contributed by atoms with Crippen molar-refractivity contribution in [3.63, 3.8) is 0 Å². The van der Waals surface area contributed by atoms with Crippen LogP contribution in [-0.2, 0) is 5.75 Å². The predicted molar refractivity (Wildman–Crippen MR) is 100 cm³/mol. The summed E-state index contributed by atoms with van der Waals surface area (Å²) in [6.45, 7) is 0. The molecule has 2 aromatic carbocycles. The SMILES string of the molecule is Clc1ccc(CSc2nncn2/N=C/c2c(Cl)cccc2Cl)cc1. The zero-order valence-corrected chi connectivity index (χ0v) is 15.3. The van der Waals surface area contributed by atoms with E-state index in [2.05, 4.69) is 15.3 Å². The molecular weight excluding hydrogens is 387 g/mol. The van der Waals surface area contributed by atoms with Gasteiger partial charge in [-0.3, -0.25) is 0 Å². The topological polar surface area (TPSA) is 43.1 Å². The minimum absolute atomic E-state index is 0.537. The van der Waals surface area contributed by atoms with Gasteiger partial charge in [0, 0.05) is 16.3 Å². The Morgan fingerprint density at radius 2 is 1.75 bits per heavy atom. The molecule has 0 aliphatic rings. The van der Waals surface area contributed by atoms with Crippen molar-refractivity contribution in [1.29, 1.82) is 0 Å². The molecule has 1 aromatic heterocycles. The first-order chi connectivity index (χ1) is 11.6. The Morgan fingerprint density at radius 3 is 2.46 bits per heavy atom. The minimum Gasteiger partial charge on any atom is -0.195 e. The van der Waals surface area contributed by atoms with Crippen LogP contribution in [-0.4, -0.2) is 21.1 Å². The van der Waals surface area contributed by atoms with Crippen LogP contribution in [0, 0.1) is 0 Å². The van der Waals surface area contributed by atoms with Crippen molar-refractivity contribution in [2.45, 2.75) is 10.9 Å². The summed E-state index contributed by atoms with van der Waals surface area (Å²) in [6.07, 6.45) is 3.13. The molecule has 8 heteroatoms. The lowest BCUT2D eigenvalue weighted by molar-refractivity contribution is 0.767. The molecule has 0 atom stereocenters. The Morgan fingerprint density at radius 1 is 1.04 bits per heavy atom. The number of hydrogen-bond donors (Lipinski definition) is 0. The van der Waals surface area contributed by atoms with E-state index in [1.807, 2.05) is 24.3 Å². The monoisotopic (exact) mass is 396 g/mol. The summed E-state index contributed by atoms with van der Waals surface area (Å²) in [5.41, 5.74) is 1.79. The molecule has 0 unspecified atom stereocenters. The predicted octanol–water partition coefficient (Wildman–Crippen LogP) is 5.41. The summed E-state index contributed by atoms with van der Waals surface area (Å²) in [4.78, 5) is 0. The molecule has 24 heavy (non-hydrogen) atoms. The van der Waals surface area contributed by atoms with Crippen LogP contribution in [0.5, 0.6) is 0 Å². The molecule has 3 rings (SSSR count). The highest BCUT2D eigenvalue weighted by atomic mass is 35.5. The van der Waals surface area contributed by atoms with Gasteiger partial charge in [-0.1, -0.05) is 64.8 Å². The average molecular weight is 398 g/mol. The number of benzene rings is 2. The summed E-state index contributed by atoms with van der Waals surface area (Å²) < 4.78 is 1.58. The number of thioether (sulfide) groups is 1. The van der Waals surface area contributed by atoms with E-state index in [1.165, 1.54) is 18.1 Å². The van der Waals surface area contributed by atoms with Crippen molar-refractivity contribution in [2.75, 3.05) is 0 Å². The van der Waals surface area contributed by atoms with E-state index in [0.29, 0.717) is 25.8 Å². The molecule has 0 N–H and O–H groups in total. The Balaban J connectivity index is 1.73. The zero-order valence-electron chi connectivity index (χ0n) is 12.2. The van der Waals surface area contributed by atoms with Gasteiger partial charge in [0.15, 0.2) is 0 Å². The highest BCUT2D eigenvalue weighted by molar-refractivity contribution is 7.98. The molecule has 0 spiro atoms. The third kappa shape index (κ3) is 4.30. The number of nitrogens with zero attached hydrogens (tertiary/aromatic N) is 4. The fraction of sp³-hybridized carbons (Fsp3) is 0.0625. The first-order valence-electron chi connectivity index (χ1n) is 6.89. The summed E-state index contributed by atoms with van der Waals surface area (Å²) >= 11 is 19.7. The van der Waals surface area contributed by atoms with E-state index >= 15 is 0 Å². The fourth-order valence-electron chi connectivity index (χ4n) is 1.88. The van der Waals surface area contributed by atoms with Crippen molar-refractivity contribution < 1.29 is 0 Å². The molecule has 4 nitrogen and oxygen atoms in total. The average Bonchev–Trinajstić information content (AvgIpc) is 3.01. The van der Waals surface area contributed by atoms with Gasteiger partial charge in [-0.25, -0.2) is 0 Å². The second-order valence-corrected chi connectivity index (χ2v) is 6.95. The Hall–Kier alpha value is -1.53. The van der Waals surface area contributed by atoms with Gasteiger partial charge < -0.3 is 0 Å². The summed E-state index contributed by atoms with van der Waals surface area (Å²) in [5.74, 6) is 0.734. The number of aromatic nitrogens is 3. The van der Waals surface area contributed by atoms with E-state index < -0.39 is 0 Å². The molecule has 0 radical (unpaired) electrons. The van der Waals surface area contributed by atoms with Gasteiger partial charge in [-0.2, -0.15) is 9.78 Å². The van der Waals surface area contributed by atoms with E-state index in [0.717, 1.165) is 11.3 Å². The Labute approximate surface area is 158 Å². The summed E-state index contributed by atoms with van der Waals surface area (Å²) in [7, 11) is 0. The molecule has 0 saturated heterocycles. The van der Waals surface area contributed by atoms with Gasteiger partial charge in [0.25, 0.3) is 0 Å². The van der Waals surface area contributed by atoms with E-state index in [-0.39, 0.29) is 0 Å². The second kappa shape index (κ2) is 8.03. The zero-order chi connectivity index (χ0) is 16.9. The Bertz CT molecular complexity index is 842. The molecule has 0 fully saturated rings. The van der Waals surface area contributed by atoms with Gasteiger partial charge in [-0.05, 0) is 29.8 Å². The normalized spacial score (nSPS) is 11.3. The third-order valence-electron chi connectivity index (χ3n) is 3.09. The van der Waals surface area contributed by atoms with Crippen LogP contribution in [0.1, 0.15) is 11.1 Å². The first kappa shape index (κ1) is 17.3.